The molecule has 0 unspecified atom stereocenters. The van der Waals surface area contributed by atoms with Crippen LogP contribution in [0.1, 0.15) is 18.1 Å². The third kappa shape index (κ3) is 2.14. The Morgan fingerprint density at radius 1 is 1.59 bits per heavy atom. The van der Waals surface area contributed by atoms with E-state index < -0.39 is 4.92 Å². The van der Waals surface area contributed by atoms with E-state index in [0.29, 0.717) is 5.69 Å². The van der Waals surface area contributed by atoms with Gasteiger partial charge in [0.25, 0.3) is 5.69 Å². The lowest BCUT2D eigenvalue weighted by Crippen LogP contribution is -2.31. The molecule has 1 heterocycles. The molecule has 2 N–H and O–H groups in total. The van der Waals surface area contributed by atoms with Crippen molar-refractivity contribution in [2.45, 2.75) is 19.9 Å². The van der Waals surface area contributed by atoms with Gasteiger partial charge in [0.05, 0.1) is 4.92 Å². The lowest BCUT2D eigenvalue weighted by atomic mass is 9.97. The van der Waals surface area contributed by atoms with Crippen LogP contribution in [0.5, 0.6) is 0 Å². The second-order valence-corrected chi connectivity index (χ2v) is 4.98. The Hall–Kier alpha value is -1.14. The maximum Gasteiger partial charge on any atom is 0.293 e. The van der Waals surface area contributed by atoms with Crippen LogP contribution in [0.2, 0.25) is 0 Å². The van der Waals surface area contributed by atoms with Crippen molar-refractivity contribution in [3.05, 3.63) is 31.8 Å². The number of nitro groups is 1. The Morgan fingerprint density at radius 3 is 2.88 bits per heavy atom. The Kier molecular flexibility index (Phi) is 3.35. The van der Waals surface area contributed by atoms with E-state index >= 15 is 0 Å². The van der Waals surface area contributed by atoms with Crippen molar-refractivity contribution in [3.8, 4) is 0 Å². The molecule has 5 nitrogen and oxygen atoms in total. The number of hydrogen-bond donors (Lipinski definition) is 1. The Balaban J connectivity index is 2.52. The molecule has 1 aliphatic heterocycles. The highest BCUT2D eigenvalue weighted by molar-refractivity contribution is 9.10. The van der Waals surface area contributed by atoms with Crippen molar-refractivity contribution < 1.29 is 4.92 Å². The van der Waals surface area contributed by atoms with Gasteiger partial charge in [0.2, 0.25) is 0 Å². The minimum absolute atomic E-state index is 0.000531. The van der Waals surface area contributed by atoms with Gasteiger partial charge in [-0.15, -0.1) is 0 Å². The van der Waals surface area contributed by atoms with Crippen LogP contribution < -0.4 is 5.73 Å². The summed E-state index contributed by atoms with van der Waals surface area (Å²) in [4.78, 5) is 12.7. The number of fused-ring (bicyclic) bond motifs is 1. The van der Waals surface area contributed by atoms with E-state index in [1.807, 2.05) is 0 Å². The van der Waals surface area contributed by atoms with E-state index in [1.54, 1.807) is 0 Å². The van der Waals surface area contributed by atoms with Crippen molar-refractivity contribution in [1.82, 2.24) is 4.90 Å². The summed E-state index contributed by atoms with van der Waals surface area (Å²) < 4.78 is 0.784. The number of halogens is 1. The average molecular weight is 300 g/mol. The minimum Gasteiger partial charge on any atom is -0.393 e. The third-order valence-electron chi connectivity index (χ3n) is 3.22. The van der Waals surface area contributed by atoms with Gasteiger partial charge >= 0.3 is 0 Å². The normalized spacial score (nSPS) is 15.6. The highest BCUT2D eigenvalue weighted by atomic mass is 79.9. The zero-order valence-electron chi connectivity index (χ0n) is 9.57. The van der Waals surface area contributed by atoms with Gasteiger partial charge in [0.15, 0.2) is 0 Å². The smallest absolute Gasteiger partial charge is 0.293 e. The van der Waals surface area contributed by atoms with E-state index in [9.17, 15) is 10.1 Å². The fourth-order valence-corrected chi connectivity index (χ4v) is 2.78. The number of nitro benzene ring substituents is 1. The molecule has 17 heavy (non-hydrogen) atoms. The molecule has 0 aromatic heterocycles. The molecule has 0 aliphatic carbocycles. The molecule has 1 aliphatic rings. The summed E-state index contributed by atoms with van der Waals surface area (Å²) in [6.45, 7) is 4.78. The molecule has 92 valence electrons. The first-order valence-electron chi connectivity index (χ1n) is 5.51. The maximum atomic E-state index is 10.9. The molecule has 0 radical (unpaired) electrons. The lowest BCUT2D eigenvalue weighted by molar-refractivity contribution is -0.384. The zero-order chi connectivity index (χ0) is 12.6. The summed E-state index contributed by atoms with van der Waals surface area (Å²) in [6.07, 6.45) is 0.773. The van der Waals surface area contributed by atoms with Crippen LogP contribution in [0.15, 0.2) is 10.5 Å². The van der Waals surface area contributed by atoms with Gasteiger partial charge in [-0.2, -0.15) is 0 Å². The number of hydrogen-bond acceptors (Lipinski definition) is 4. The zero-order valence-corrected chi connectivity index (χ0v) is 11.2. The summed E-state index contributed by atoms with van der Waals surface area (Å²) in [5, 5.41) is 10.9. The first-order valence-corrected chi connectivity index (χ1v) is 6.30. The van der Waals surface area contributed by atoms with Crippen molar-refractivity contribution >= 4 is 27.3 Å². The molecule has 0 saturated carbocycles. The number of nitrogens with zero attached hydrogens (tertiary/aromatic N) is 2. The highest BCUT2D eigenvalue weighted by Gasteiger charge is 2.25. The SMILES string of the molecule is CCN1CCc2c(N)c([N+](=O)[O-])cc(Br)c2C1. The molecule has 2 rings (SSSR count). The van der Waals surface area contributed by atoms with Crippen molar-refractivity contribution in [3.63, 3.8) is 0 Å². The quantitative estimate of drug-likeness (QED) is 0.517. The number of anilines is 1. The van der Waals surface area contributed by atoms with Crippen molar-refractivity contribution in [1.29, 1.82) is 0 Å². The number of nitrogen functional groups attached to an aromatic ring is 1. The maximum absolute atomic E-state index is 10.9. The monoisotopic (exact) mass is 299 g/mol. The predicted molar refractivity (Wildman–Crippen MR) is 69.9 cm³/mol. The van der Waals surface area contributed by atoms with Crippen molar-refractivity contribution in [2.24, 2.45) is 0 Å². The minimum atomic E-state index is -0.424. The standard InChI is InChI=1S/C11H14BrN3O2/c1-2-14-4-3-7-8(6-14)9(12)5-10(11(7)13)15(16)17/h5H,2-4,6,13H2,1H3. The lowest BCUT2D eigenvalue weighted by Gasteiger charge is -2.29. The molecule has 6 heteroatoms. The van der Waals surface area contributed by atoms with Crippen LogP contribution in [0, 0.1) is 10.1 Å². The largest absolute Gasteiger partial charge is 0.393 e. The summed E-state index contributed by atoms with van der Waals surface area (Å²) in [6, 6.07) is 1.51. The number of nitrogens with two attached hydrogens (primary N) is 1. The topological polar surface area (TPSA) is 72.4 Å². The van der Waals surface area contributed by atoms with Crippen molar-refractivity contribution in [2.75, 3.05) is 18.8 Å². The van der Waals surface area contributed by atoms with E-state index in [-0.39, 0.29) is 5.69 Å². The van der Waals surface area contributed by atoms with Crippen LogP contribution in [-0.4, -0.2) is 22.9 Å². The third-order valence-corrected chi connectivity index (χ3v) is 3.93. The molecule has 0 atom stereocenters. The summed E-state index contributed by atoms with van der Waals surface area (Å²) in [5.41, 5.74) is 8.21. The molecule has 0 bridgehead atoms. The second kappa shape index (κ2) is 4.62. The summed E-state index contributed by atoms with van der Waals surface area (Å²) >= 11 is 3.41. The Morgan fingerprint density at radius 2 is 2.29 bits per heavy atom. The average Bonchev–Trinajstić information content (AvgIpc) is 2.32. The Bertz CT molecular complexity index is 476. The number of rotatable bonds is 2. The molecular weight excluding hydrogens is 286 g/mol. The van der Waals surface area contributed by atoms with Gasteiger partial charge < -0.3 is 5.73 Å². The van der Waals surface area contributed by atoms with E-state index in [0.717, 1.165) is 41.7 Å². The summed E-state index contributed by atoms with van der Waals surface area (Å²) in [5.74, 6) is 0. The molecular formula is C11H14BrN3O2. The van der Waals surface area contributed by atoms with E-state index in [1.165, 1.54) is 6.07 Å². The van der Waals surface area contributed by atoms with Crippen LogP contribution in [-0.2, 0) is 13.0 Å². The van der Waals surface area contributed by atoms with Gasteiger partial charge in [-0.1, -0.05) is 22.9 Å². The van der Waals surface area contributed by atoms with Crippen LogP contribution in [0.4, 0.5) is 11.4 Å². The number of benzene rings is 1. The van der Waals surface area contributed by atoms with Gasteiger partial charge in [0.1, 0.15) is 5.69 Å². The van der Waals surface area contributed by atoms with E-state index in [2.05, 4.69) is 27.8 Å². The van der Waals surface area contributed by atoms with Gasteiger partial charge in [-0.3, -0.25) is 15.0 Å². The van der Waals surface area contributed by atoms with Crippen LogP contribution in [0.25, 0.3) is 0 Å². The van der Waals surface area contributed by atoms with Crippen LogP contribution in [0.3, 0.4) is 0 Å². The number of likely N-dealkylation sites (N-methyl/N-ethyl adjacent to an activating group) is 1. The highest BCUT2D eigenvalue weighted by Crippen LogP contribution is 2.37. The van der Waals surface area contributed by atoms with Gasteiger partial charge in [-0.25, -0.2) is 0 Å². The predicted octanol–water partition coefficient (Wildman–Crippen LogP) is 2.32. The summed E-state index contributed by atoms with van der Waals surface area (Å²) in [7, 11) is 0. The fraction of sp³-hybridized carbons (Fsp3) is 0.455. The molecule has 1 aromatic carbocycles. The van der Waals surface area contributed by atoms with Gasteiger partial charge in [0, 0.05) is 23.6 Å². The molecule has 0 spiro atoms. The van der Waals surface area contributed by atoms with E-state index in [4.69, 9.17) is 5.73 Å². The fourth-order valence-electron chi connectivity index (χ4n) is 2.20. The Labute approximate surface area is 108 Å². The second-order valence-electron chi connectivity index (χ2n) is 4.12. The molecule has 0 amide bonds. The first kappa shape index (κ1) is 12.3. The first-order chi connectivity index (χ1) is 8.04. The van der Waals surface area contributed by atoms with Crippen LogP contribution >= 0.6 is 15.9 Å². The van der Waals surface area contributed by atoms with Gasteiger partial charge in [-0.05, 0) is 24.1 Å². The molecule has 1 aromatic rings. The molecule has 0 saturated heterocycles. The molecule has 0 fully saturated rings.